The van der Waals surface area contributed by atoms with Crippen molar-refractivity contribution >= 4 is 32.7 Å². The van der Waals surface area contributed by atoms with Crippen LogP contribution < -0.4 is 0 Å². The Morgan fingerprint density at radius 3 is 2.25 bits per heavy atom. The van der Waals surface area contributed by atoms with Gasteiger partial charge >= 0.3 is 0 Å². The van der Waals surface area contributed by atoms with Crippen molar-refractivity contribution in [3.63, 3.8) is 0 Å². The van der Waals surface area contributed by atoms with Crippen LogP contribution >= 0.6 is 0 Å². The SMILES string of the molecule is [2H]C([2H])([2H])c1c[c-]c(-c2cc(C([2H])([2H])C(C)(C)C)c(C([2H])([2H])[2H])cn2)cc1-c1ccccc1.[2H]C1(c2ccnc(-c3[c-]ccc4c3oc3c5ccccc5ccc43)c2)CC(C)(C)CC(C)(C)C1.[Ir]. The molecule has 0 bridgehead atoms. The van der Waals surface area contributed by atoms with Crippen LogP contribution in [0.4, 0.5) is 0 Å². The minimum absolute atomic E-state index is 0. The van der Waals surface area contributed by atoms with Crippen LogP contribution in [0.1, 0.15) is 108 Å². The van der Waals surface area contributed by atoms with Crippen LogP contribution in [0.3, 0.4) is 0 Å². The van der Waals surface area contributed by atoms with Crippen molar-refractivity contribution < 1.29 is 36.9 Å². The summed E-state index contributed by atoms with van der Waals surface area (Å²) in [5, 5.41) is 4.45. The van der Waals surface area contributed by atoms with Gasteiger partial charge in [-0.05, 0) is 88.6 Å². The van der Waals surface area contributed by atoms with Crippen LogP contribution in [0.15, 0.2) is 126 Å². The minimum Gasteiger partial charge on any atom is -0.500 e. The number of benzene rings is 5. The quantitative estimate of drug-likeness (QED) is 0.161. The fourth-order valence-corrected chi connectivity index (χ4v) is 8.90. The molecule has 5 aromatic carbocycles. The van der Waals surface area contributed by atoms with Crippen molar-refractivity contribution in [3.05, 3.63) is 156 Å². The normalized spacial score (nSPS) is 18.6. The van der Waals surface area contributed by atoms with Crippen molar-refractivity contribution in [3.8, 4) is 33.6 Å². The van der Waals surface area contributed by atoms with E-state index >= 15 is 0 Å². The first-order valence-corrected chi connectivity index (χ1v) is 20.0. The molecule has 9 rings (SSSR count). The second-order valence-electron chi connectivity index (χ2n) is 18.3. The van der Waals surface area contributed by atoms with Crippen LogP contribution in [-0.2, 0) is 26.5 Å². The summed E-state index contributed by atoms with van der Waals surface area (Å²) in [5.41, 5.74) is 5.79. The van der Waals surface area contributed by atoms with E-state index in [1.54, 1.807) is 26.8 Å². The second-order valence-corrected chi connectivity index (χ2v) is 18.3. The number of furan rings is 1. The standard InChI is InChI=1S/C31H30NO.C24H26N.Ir/c1-30(2)17-22(18-31(3,4)19-30)21-14-15-32-27(16-21)26-11-7-10-24-25-13-12-20-8-5-6-9-23(20)28(25)33-29(24)26;1-17-11-12-20(13-22(17)19-9-7-6-8-10-19)23-14-21(15-24(3,4)5)18(2)16-25-23;/h5-10,12-16,22H,17-19H2,1-4H3;6-11,13-14,16H,15H2,1-5H3;/q2*-1;/i22D;1D3,2D3,15D2;. The van der Waals surface area contributed by atoms with Crippen LogP contribution in [0.5, 0.6) is 0 Å². The molecule has 8 aromatic rings. The summed E-state index contributed by atoms with van der Waals surface area (Å²) in [4.78, 5) is 9.02. The predicted molar refractivity (Wildman–Crippen MR) is 244 cm³/mol. The topological polar surface area (TPSA) is 38.9 Å². The van der Waals surface area contributed by atoms with E-state index in [9.17, 15) is 1.37 Å². The number of hydrogen-bond donors (Lipinski definition) is 0. The van der Waals surface area contributed by atoms with E-state index in [0.717, 1.165) is 63.4 Å². The molecule has 3 aromatic heterocycles. The summed E-state index contributed by atoms with van der Waals surface area (Å²) in [6.45, 7) is 9.43. The van der Waals surface area contributed by atoms with Gasteiger partial charge in [0.15, 0.2) is 0 Å². The molecule has 1 saturated carbocycles. The Morgan fingerprint density at radius 1 is 0.780 bits per heavy atom. The maximum atomic E-state index is 9.51. The van der Waals surface area contributed by atoms with Gasteiger partial charge in [-0.25, -0.2) is 0 Å². The molecule has 303 valence electrons. The smallest absolute Gasteiger partial charge is 0.128 e. The van der Waals surface area contributed by atoms with Crippen LogP contribution in [0.25, 0.3) is 66.4 Å². The Bertz CT molecular complexity index is 3110. The van der Waals surface area contributed by atoms with Crippen LogP contribution in [0.2, 0.25) is 0 Å². The molecule has 4 heteroatoms. The van der Waals surface area contributed by atoms with Crippen molar-refractivity contribution in [2.75, 3.05) is 0 Å². The molecule has 1 radical (unpaired) electrons. The largest absolute Gasteiger partial charge is 0.500 e. The zero-order valence-corrected chi connectivity index (χ0v) is 37.2. The summed E-state index contributed by atoms with van der Waals surface area (Å²) in [6, 6.07) is 40.7. The van der Waals surface area contributed by atoms with E-state index in [2.05, 4.69) is 87.3 Å². The van der Waals surface area contributed by atoms with Gasteiger partial charge in [0.1, 0.15) is 5.58 Å². The number of hydrogen-bond acceptors (Lipinski definition) is 3. The molecular formula is C55H56IrN2O-2. The van der Waals surface area contributed by atoms with Gasteiger partial charge in [-0.15, -0.1) is 47.5 Å². The molecule has 0 aliphatic heterocycles. The molecule has 0 spiro atoms. The van der Waals surface area contributed by atoms with E-state index in [-0.39, 0.29) is 47.6 Å². The van der Waals surface area contributed by atoms with Gasteiger partial charge in [-0.2, -0.15) is 0 Å². The molecule has 1 aliphatic carbocycles. The molecule has 59 heavy (non-hydrogen) atoms. The van der Waals surface area contributed by atoms with E-state index in [1.807, 2.05) is 54.7 Å². The first kappa shape index (κ1) is 32.0. The summed E-state index contributed by atoms with van der Waals surface area (Å²) in [6.07, 6.45) is 3.90. The monoisotopic (exact) mass is 962 g/mol. The van der Waals surface area contributed by atoms with E-state index in [4.69, 9.17) is 20.4 Å². The average molecular weight is 962 g/mol. The second kappa shape index (κ2) is 16.6. The Morgan fingerprint density at radius 2 is 1.51 bits per heavy atom. The van der Waals surface area contributed by atoms with Crippen LogP contribution in [0, 0.1) is 42.1 Å². The van der Waals surface area contributed by atoms with Gasteiger partial charge in [0.2, 0.25) is 0 Å². The number of rotatable bonds is 5. The third-order valence-corrected chi connectivity index (χ3v) is 10.8. The minimum atomic E-state index is -2.54. The summed E-state index contributed by atoms with van der Waals surface area (Å²) >= 11 is 0. The van der Waals surface area contributed by atoms with E-state index < -0.39 is 31.4 Å². The first-order valence-electron chi connectivity index (χ1n) is 24.5. The van der Waals surface area contributed by atoms with Crippen molar-refractivity contribution in [1.82, 2.24) is 9.97 Å². The Hall–Kier alpha value is -4.89. The Kier molecular flexibility index (Phi) is 9.01. The number of pyridine rings is 2. The molecular weight excluding hydrogens is 897 g/mol. The fourth-order valence-electron chi connectivity index (χ4n) is 8.90. The molecule has 0 unspecified atom stereocenters. The predicted octanol–water partition coefficient (Wildman–Crippen LogP) is 15.3. The van der Waals surface area contributed by atoms with E-state index in [1.165, 1.54) is 23.7 Å². The fraction of sp³-hybridized carbons (Fsp3) is 0.309. The zero-order valence-electron chi connectivity index (χ0n) is 43.8. The first-order chi connectivity index (χ1) is 31.2. The van der Waals surface area contributed by atoms with Crippen molar-refractivity contribution in [1.29, 1.82) is 0 Å². The third kappa shape index (κ3) is 9.30. The Balaban J connectivity index is 0.000000199. The van der Waals surface area contributed by atoms with E-state index in [0.29, 0.717) is 22.4 Å². The number of nitrogens with zero attached hydrogens (tertiary/aromatic N) is 2. The third-order valence-electron chi connectivity index (χ3n) is 10.8. The Labute approximate surface area is 377 Å². The van der Waals surface area contributed by atoms with Gasteiger partial charge in [0.25, 0.3) is 0 Å². The van der Waals surface area contributed by atoms with Crippen LogP contribution in [-0.4, -0.2) is 9.97 Å². The molecule has 1 fully saturated rings. The van der Waals surface area contributed by atoms with Gasteiger partial charge in [0.05, 0.1) is 5.58 Å². The molecule has 3 nitrogen and oxygen atoms in total. The van der Waals surface area contributed by atoms with Gasteiger partial charge in [-0.1, -0.05) is 162 Å². The number of aryl methyl sites for hydroxylation is 2. The maximum Gasteiger partial charge on any atom is 0.128 e. The summed E-state index contributed by atoms with van der Waals surface area (Å²) < 4.78 is 80.7. The zero-order chi connectivity index (χ0) is 48.5. The molecule has 0 N–H and O–H groups in total. The van der Waals surface area contributed by atoms with Crippen molar-refractivity contribution in [2.24, 2.45) is 16.2 Å². The molecule has 1 aliphatic rings. The molecule has 0 amide bonds. The van der Waals surface area contributed by atoms with Gasteiger partial charge < -0.3 is 14.4 Å². The average Bonchev–Trinajstić information content (AvgIpc) is 3.64. The molecule has 3 heterocycles. The van der Waals surface area contributed by atoms with Crippen molar-refractivity contribution in [2.45, 2.75) is 93.7 Å². The van der Waals surface area contributed by atoms with Gasteiger partial charge in [-0.3, -0.25) is 0 Å². The molecule has 0 atom stereocenters. The number of aromatic nitrogens is 2. The number of fused-ring (bicyclic) bond motifs is 5. The maximum absolute atomic E-state index is 9.51. The molecule has 0 saturated heterocycles. The summed E-state index contributed by atoms with van der Waals surface area (Å²) in [7, 11) is 0. The van der Waals surface area contributed by atoms with Gasteiger partial charge in [0, 0.05) is 55.6 Å². The summed E-state index contributed by atoms with van der Waals surface area (Å²) in [5.74, 6) is -0.638.